The van der Waals surface area contributed by atoms with Crippen molar-refractivity contribution in [1.82, 2.24) is 0 Å². The molecule has 2 aliphatic rings. The minimum Gasteiger partial charge on any atom is -0.465 e. The molecule has 3 heteroatoms. The van der Waals surface area contributed by atoms with Crippen molar-refractivity contribution < 1.29 is 14.6 Å². The molecule has 0 bridgehead atoms. The van der Waals surface area contributed by atoms with Gasteiger partial charge in [0.2, 0.25) is 0 Å². The van der Waals surface area contributed by atoms with Gasteiger partial charge in [-0.05, 0) is 22.8 Å². The van der Waals surface area contributed by atoms with E-state index in [0.717, 1.165) is 16.7 Å². The maximum absolute atomic E-state index is 11.5. The first-order valence-corrected chi connectivity index (χ1v) is 4.97. The van der Waals surface area contributed by atoms with Gasteiger partial charge in [0, 0.05) is 0 Å². The lowest BCUT2D eigenvalue weighted by atomic mass is 10.1. The quantitative estimate of drug-likeness (QED) is 0.782. The lowest BCUT2D eigenvalue weighted by Crippen LogP contribution is -2.00. The van der Waals surface area contributed by atoms with Crippen molar-refractivity contribution in [2.75, 3.05) is 7.11 Å². The molecule has 0 aromatic heterocycles. The second-order valence-electron chi connectivity index (χ2n) is 3.47. The molecule has 0 fully saturated rings. The van der Waals surface area contributed by atoms with Gasteiger partial charge < -0.3 is 9.84 Å². The highest BCUT2D eigenvalue weighted by atomic mass is 16.5. The summed E-state index contributed by atoms with van der Waals surface area (Å²) in [6, 6.07) is 10.9. The van der Waals surface area contributed by atoms with Crippen molar-refractivity contribution >= 4 is 5.97 Å². The summed E-state index contributed by atoms with van der Waals surface area (Å²) in [5.74, 6) is -0.356. The maximum atomic E-state index is 11.5. The summed E-state index contributed by atoms with van der Waals surface area (Å²) in [5.41, 5.74) is 3.02. The van der Waals surface area contributed by atoms with Gasteiger partial charge in [-0.25, -0.2) is 4.79 Å². The predicted octanol–water partition coefficient (Wildman–Crippen LogP) is 2.07. The number of carbonyl (C=O) groups is 1. The Labute approximate surface area is 93.6 Å². The van der Waals surface area contributed by atoms with E-state index in [0.29, 0.717) is 5.56 Å². The molecule has 0 spiro atoms. The van der Waals surface area contributed by atoms with Crippen molar-refractivity contribution in [3.05, 3.63) is 47.5 Å². The monoisotopic (exact) mass is 216 g/mol. The first kappa shape index (κ1) is 10.6. The third-order valence-corrected chi connectivity index (χ3v) is 2.59. The molecule has 16 heavy (non-hydrogen) atoms. The molecule has 3 nitrogen and oxygen atoms in total. The summed E-state index contributed by atoms with van der Waals surface area (Å²) in [4.78, 5) is 11.5. The zero-order valence-corrected chi connectivity index (χ0v) is 8.93. The van der Waals surface area contributed by atoms with Crippen molar-refractivity contribution in [2.45, 2.75) is 6.61 Å². The SMILES string of the molecule is COC(=O)c1ccc2c(CO)ccccc1-2. The molecular formula is C13H12O3. The third kappa shape index (κ3) is 1.66. The van der Waals surface area contributed by atoms with Crippen molar-refractivity contribution in [2.24, 2.45) is 0 Å². The lowest BCUT2D eigenvalue weighted by Gasteiger charge is -2.02. The highest BCUT2D eigenvalue weighted by Crippen LogP contribution is 2.30. The van der Waals surface area contributed by atoms with E-state index in [1.165, 1.54) is 7.11 Å². The van der Waals surface area contributed by atoms with Crippen LogP contribution in [-0.4, -0.2) is 18.2 Å². The van der Waals surface area contributed by atoms with Crippen LogP contribution >= 0.6 is 0 Å². The fraction of sp³-hybridized carbons (Fsp3) is 0.154. The molecule has 0 atom stereocenters. The van der Waals surface area contributed by atoms with Crippen molar-refractivity contribution in [1.29, 1.82) is 0 Å². The molecule has 0 heterocycles. The molecule has 82 valence electrons. The van der Waals surface area contributed by atoms with Gasteiger partial charge in [0.05, 0.1) is 19.3 Å². The zero-order chi connectivity index (χ0) is 11.5. The molecular weight excluding hydrogens is 204 g/mol. The first-order chi connectivity index (χ1) is 7.77. The molecule has 0 saturated heterocycles. The number of hydrogen-bond donors (Lipinski definition) is 1. The van der Waals surface area contributed by atoms with Crippen LogP contribution in [0.4, 0.5) is 0 Å². The van der Waals surface area contributed by atoms with Crippen LogP contribution in [0.25, 0.3) is 11.1 Å². The fourth-order valence-corrected chi connectivity index (χ4v) is 1.79. The Kier molecular flexibility index (Phi) is 2.88. The van der Waals surface area contributed by atoms with E-state index in [2.05, 4.69) is 0 Å². The van der Waals surface area contributed by atoms with Gasteiger partial charge in [-0.2, -0.15) is 0 Å². The van der Waals surface area contributed by atoms with E-state index in [9.17, 15) is 9.90 Å². The van der Waals surface area contributed by atoms with Gasteiger partial charge in [-0.15, -0.1) is 0 Å². The van der Waals surface area contributed by atoms with Crippen LogP contribution in [0.5, 0.6) is 0 Å². The topological polar surface area (TPSA) is 46.5 Å². The summed E-state index contributed by atoms with van der Waals surface area (Å²) < 4.78 is 4.71. The zero-order valence-electron chi connectivity index (χ0n) is 8.93. The van der Waals surface area contributed by atoms with Crippen molar-refractivity contribution in [3.8, 4) is 11.1 Å². The number of methoxy groups -OCH3 is 1. The summed E-state index contributed by atoms with van der Waals surface area (Å²) in [7, 11) is 1.36. The van der Waals surface area contributed by atoms with Crippen LogP contribution in [0.1, 0.15) is 15.9 Å². The second kappa shape index (κ2) is 4.33. The van der Waals surface area contributed by atoms with Crippen LogP contribution < -0.4 is 0 Å². The number of carbonyl (C=O) groups excluding carboxylic acids is 1. The average Bonchev–Trinajstić information content (AvgIpc) is 2.62. The number of hydrogen-bond acceptors (Lipinski definition) is 3. The third-order valence-electron chi connectivity index (χ3n) is 2.59. The Morgan fingerprint density at radius 2 is 1.94 bits per heavy atom. The smallest absolute Gasteiger partial charge is 0.338 e. The molecule has 0 aromatic rings. The molecule has 2 rings (SSSR count). The van der Waals surface area contributed by atoms with E-state index >= 15 is 0 Å². The highest BCUT2D eigenvalue weighted by Gasteiger charge is 2.17. The summed E-state index contributed by atoms with van der Waals surface area (Å²) in [5, 5.41) is 9.24. The van der Waals surface area contributed by atoms with Gasteiger partial charge in [0.25, 0.3) is 0 Å². The number of esters is 1. The van der Waals surface area contributed by atoms with Crippen LogP contribution in [-0.2, 0) is 11.3 Å². The van der Waals surface area contributed by atoms with Gasteiger partial charge in [-0.3, -0.25) is 0 Å². The Bertz CT molecular complexity index is 491. The van der Waals surface area contributed by atoms with Crippen molar-refractivity contribution in [3.63, 3.8) is 0 Å². The molecule has 0 unspecified atom stereocenters. The normalized spacial score (nSPS) is 10.4. The Morgan fingerprint density at radius 1 is 1.19 bits per heavy atom. The first-order valence-electron chi connectivity index (χ1n) is 4.97. The van der Waals surface area contributed by atoms with Crippen LogP contribution in [0.2, 0.25) is 0 Å². The van der Waals surface area contributed by atoms with E-state index < -0.39 is 0 Å². The van der Waals surface area contributed by atoms with E-state index in [1.54, 1.807) is 6.07 Å². The number of rotatable bonds is 2. The predicted molar refractivity (Wildman–Crippen MR) is 60.3 cm³/mol. The highest BCUT2D eigenvalue weighted by molar-refractivity contribution is 5.99. The standard InChI is InChI=1S/C13H12O3/c1-16-13(15)12-7-6-10-9(8-14)4-2-3-5-11(10)12/h2-7,14H,8H2,1H3. The largest absolute Gasteiger partial charge is 0.465 e. The number of fused-ring (bicyclic) bond motifs is 1. The summed E-state index contributed by atoms with van der Waals surface area (Å²) >= 11 is 0. The molecule has 0 saturated carbocycles. The van der Waals surface area contributed by atoms with Crippen LogP contribution in [0.3, 0.4) is 0 Å². The summed E-state index contributed by atoms with van der Waals surface area (Å²) in [6.07, 6.45) is 0. The summed E-state index contributed by atoms with van der Waals surface area (Å²) in [6.45, 7) is -0.0458. The maximum Gasteiger partial charge on any atom is 0.338 e. The van der Waals surface area contributed by atoms with Crippen LogP contribution in [0, 0.1) is 0 Å². The van der Waals surface area contributed by atoms with Gasteiger partial charge >= 0.3 is 5.97 Å². The Hall–Kier alpha value is -1.87. The van der Waals surface area contributed by atoms with Gasteiger partial charge in [0.1, 0.15) is 0 Å². The van der Waals surface area contributed by atoms with Gasteiger partial charge in [0.15, 0.2) is 0 Å². The minimum atomic E-state index is -0.356. The molecule has 0 amide bonds. The molecule has 2 aliphatic carbocycles. The van der Waals surface area contributed by atoms with Gasteiger partial charge in [-0.1, -0.05) is 30.3 Å². The number of aliphatic hydroxyl groups is 1. The van der Waals surface area contributed by atoms with E-state index in [-0.39, 0.29) is 12.6 Å². The van der Waals surface area contributed by atoms with E-state index in [4.69, 9.17) is 4.74 Å². The van der Waals surface area contributed by atoms with Crippen LogP contribution in [0.15, 0.2) is 36.4 Å². The Morgan fingerprint density at radius 3 is 2.62 bits per heavy atom. The molecule has 0 aromatic carbocycles. The number of ether oxygens (including phenoxy) is 1. The molecule has 0 aliphatic heterocycles. The lowest BCUT2D eigenvalue weighted by molar-refractivity contribution is 0.0602. The van der Waals surface area contributed by atoms with E-state index in [1.807, 2.05) is 30.3 Å². The molecule has 1 N–H and O–H groups in total. The fourth-order valence-electron chi connectivity index (χ4n) is 1.79. The Balaban J connectivity index is 2.61. The molecule has 0 radical (unpaired) electrons. The number of aliphatic hydroxyl groups excluding tert-OH is 1. The minimum absolute atomic E-state index is 0.0458. The average molecular weight is 216 g/mol. The second-order valence-corrected chi connectivity index (χ2v) is 3.47.